The van der Waals surface area contributed by atoms with E-state index < -0.39 is 11.5 Å². The summed E-state index contributed by atoms with van der Waals surface area (Å²) >= 11 is 0. The standard InChI is InChI=1S/C22H19N3O3/c23-21(27)22(28,16-6-2-1-3-7-16)17-8-4-5-15(10-17)19-12-25-20-18(19)9-14(13-26)11-24-20/h1-12,26,28H,13H2,(H2,23,27)(H,24,25). The number of benzene rings is 2. The number of hydrogen-bond donors (Lipinski definition) is 4. The molecule has 2 aromatic carbocycles. The summed E-state index contributed by atoms with van der Waals surface area (Å²) in [5, 5.41) is 21.5. The average molecular weight is 373 g/mol. The molecule has 140 valence electrons. The lowest BCUT2D eigenvalue weighted by molar-refractivity contribution is -0.133. The van der Waals surface area contributed by atoms with Gasteiger partial charge in [-0.05, 0) is 34.4 Å². The van der Waals surface area contributed by atoms with Crippen LogP contribution in [0.3, 0.4) is 0 Å². The number of aromatic amines is 1. The molecule has 4 rings (SSSR count). The van der Waals surface area contributed by atoms with Crippen LogP contribution in [0.1, 0.15) is 16.7 Å². The number of nitrogens with two attached hydrogens (primary N) is 1. The number of primary amides is 1. The van der Waals surface area contributed by atoms with E-state index in [2.05, 4.69) is 9.97 Å². The van der Waals surface area contributed by atoms with Gasteiger partial charge in [0, 0.05) is 23.3 Å². The van der Waals surface area contributed by atoms with Gasteiger partial charge in [-0.15, -0.1) is 0 Å². The minimum Gasteiger partial charge on any atom is -0.392 e. The number of carbonyl (C=O) groups excluding carboxylic acids is 1. The molecule has 0 aliphatic rings. The smallest absolute Gasteiger partial charge is 0.258 e. The monoisotopic (exact) mass is 373 g/mol. The number of fused-ring (bicyclic) bond motifs is 1. The van der Waals surface area contributed by atoms with Gasteiger partial charge in [0.1, 0.15) is 5.65 Å². The van der Waals surface area contributed by atoms with Crippen molar-refractivity contribution in [3.8, 4) is 11.1 Å². The first-order valence-electron chi connectivity index (χ1n) is 8.79. The fraction of sp³-hybridized carbons (Fsp3) is 0.0909. The van der Waals surface area contributed by atoms with Gasteiger partial charge in [-0.2, -0.15) is 0 Å². The van der Waals surface area contributed by atoms with Crippen molar-refractivity contribution in [2.24, 2.45) is 5.73 Å². The number of aliphatic hydroxyl groups is 2. The van der Waals surface area contributed by atoms with E-state index in [4.69, 9.17) is 5.73 Å². The molecule has 0 fully saturated rings. The van der Waals surface area contributed by atoms with Crippen LogP contribution in [0.4, 0.5) is 0 Å². The van der Waals surface area contributed by atoms with Crippen LogP contribution in [0.2, 0.25) is 0 Å². The third-order valence-electron chi connectivity index (χ3n) is 4.91. The minimum atomic E-state index is -1.95. The van der Waals surface area contributed by atoms with Crippen LogP contribution in [-0.4, -0.2) is 26.1 Å². The first-order chi connectivity index (χ1) is 13.5. The predicted molar refractivity (Wildman–Crippen MR) is 106 cm³/mol. The number of carbonyl (C=O) groups is 1. The van der Waals surface area contributed by atoms with Gasteiger partial charge in [-0.1, -0.05) is 48.5 Å². The third-order valence-corrected chi connectivity index (χ3v) is 4.91. The summed E-state index contributed by atoms with van der Waals surface area (Å²) in [6.45, 7) is -0.108. The van der Waals surface area contributed by atoms with Gasteiger partial charge in [0.05, 0.1) is 6.61 Å². The molecule has 0 aliphatic carbocycles. The molecule has 0 bridgehead atoms. The second-order valence-electron chi connectivity index (χ2n) is 6.62. The first kappa shape index (κ1) is 17.9. The summed E-state index contributed by atoms with van der Waals surface area (Å²) < 4.78 is 0. The van der Waals surface area contributed by atoms with Crippen molar-refractivity contribution in [3.63, 3.8) is 0 Å². The second-order valence-corrected chi connectivity index (χ2v) is 6.62. The molecule has 0 aliphatic heterocycles. The lowest BCUT2D eigenvalue weighted by Gasteiger charge is -2.26. The van der Waals surface area contributed by atoms with Gasteiger partial charge >= 0.3 is 0 Å². The Morgan fingerprint density at radius 1 is 1.07 bits per heavy atom. The number of rotatable bonds is 5. The van der Waals surface area contributed by atoms with Gasteiger partial charge < -0.3 is 20.9 Å². The number of nitrogens with one attached hydrogen (secondary N) is 1. The van der Waals surface area contributed by atoms with E-state index in [-0.39, 0.29) is 6.61 Å². The molecule has 0 saturated heterocycles. The Hall–Kier alpha value is -3.48. The molecule has 1 amide bonds. The van der Waals surface area contributed by atoms with Crippen molar-refractivity contribution in [3.05, 3.63) is 89.7 Å². The lowest BCUT2D eigenvalue weighted by Crippen LogP contribution is -2.42. The molecular formula is C22H19N3O3. The Bertz CT molecular complexity index is 1150. The van der Waals surface area contributed by atoms with Crippen LogP contribution in [0.5, 0.6) is 0 Å². The van der Waals surface area contributed by atoms with E-state index >= 15 is 0 Å². The Morgan fingerprint density at radius 2 is 1.82 bits per heavy atom. The number of nitrogens with zero attached hydrogens (tertiary/aromatic N) is 1. The highest BCUT2D eigenvalue weighted by molar-refractivity contribution is 5.95. The molecule has 28 heavy (non-hydrogen) atoms. The summed E-state index contributed by atoms with van der Waals surface area (Å²) in [5.41, 5.74) is 7.45. The van der Waals surface area contributed by atoms with Crippen molar-refractivity contribution < 1.29 is 15.0 Å². The van der Waals surface area contributed by atoms with Gasteiger partial charge in [0.2, 0.25) is 0 Å². The average Bonchev–Trinajstić information content (AvgIpc) is 3.16. The number of aromatic nitrogens is 2. The fourth-order valence-corrected chi connectivity index (χ4v) is 3.41. The van der Waals surface area contributed by atoms with Crippen molar-refractivity contribution in [1.82, 2.24) is 9.97 Å². The number of amides is 1. The van der Waals surface area contributed by atoms with Gasteiger partial charge in [0.25, 0.3) is 5.91 Å². The maximum atomic E-state index is 12.2. The predicted octanol–water partition coefficient (Wildman–Crippen LogP) is 2.44. The fourth-order valence-electron chi connectivity index (χ4n) is 3.41. The molecule has 0 saturated carbocycles. The highest BCUT2D eigenvalue weighted by atomic mass is 16.3. The van der Waals surface area contributed by atoms with E-state index in [0.29, 0.717) is 22.3 Å². The van der Waals surface area contributed by atoms with Crippen molar-refractivity contribution in [2.75, 3.05) is 0 Å². The number of pyridine rings is 1. The summed E-state index contributed by atoms with van der Waals surface area (Å²) in [6.07, 6.45) is 3.42. The quantitative estimate of drug-likeness (QED) is 0.430. The maximum absolute atomic E-state index is 12.2. The molecular weight excluding hydrogens is 354 g/mol. The summed E-state index contributed by atoms with van der Waals surface area (Å²) in [5.74, 6) is -0.848. The van der Waals surface area contributed by atoms with E-state index in [0.717, 1.165) is 16.5 Å². The Balaban J connectivity index is 1.87. The molecule has 6 nitrogen and oxygen atoms in total. The first-order valence-corrected chi connectivity index (χ1v) is 8.79. The third kappa shape index (κ3) is 2.85. The zero-order chi connectivity index (χ0) is 19.7. The zero-order valence-corrected chi connectivity index (χ0v) is 15.0. The van der Waals surface area contributed by atoms with E-state index in [1.54, 1.807) is 54.7 Å². The molecule has 1 atom stereocenters. The molecule has 2 aromatic heterocycles. The molecule has 0 spiro atoms. The Kier molecular flexibility index (Phi) is 4.43. The molecule has 4 aromatic rings. The van der Waals surface area contributed by atoms with Crippen LogP contribution in [0, 0.1) is 0 Å². The summed E-state index contributed by atoms with van der Waals surface area (Å²) in [4.78, 5) is 19.7. The minimum absolute atomic E-state index is 0.108. The Labute approximate surface area is 161 Å². The molecule has 1 unspecified atom stereocenters. The molecule has 0 radical (unpaired) electrons. The van der Waals surface area contributed by atoms with Crippen LogP contribution < -0.4 is 5.73 Å². The zero-order valence-electron chi connectivity index (χ0n) is 15.0. The van der Waals surface area contributed by atoms with Crippen LogP contribution in [-0.2, 0) is 17.0 Å². The Morgan fingerprint density at radius 3 is 2.54 bits per heavy atom. The summed E-state index contributed by atoms with van der Waals surface area (Å²) in [6, 6.07) is 17.6. The van der Waals surface area contributed by atoms with E-state index in [1.807, 2.05) is 18.3 Å². The van der Waals surface area contributed by atoms with Gasteiger partial charge in [-0.3, -0.25) is 4.79 Å². The number of aliphatic hydroxyl groups excluding tert-OH is 1. The molecule has 6 heteroatoms. The lowest BCUT2D eigenvalue weighted by atomic mass is 9.84. The highest BCUT2D eigenvalue weighted by Gasteiger charge is 2.38. The molecule has 2 heterocycles. The summed E-state index contributed by atoms with van der Waals surface area (Å²) in [7, 11) is 0. The number of hydrogen-bond acceptors (Lipinski definition) is 4. The highest BCUT2D eigenvalue weighted by Crippen LogP contribution is 2.34. The topological polar surface area (TPSA) is 112 Å². The second kappa shape index (κ2) is 6.92. The van der Waals surface area contributed by atoms with Crippen molar-refractivity contribution >= 4 is 16.9 Å². The van der Waals surface area contributed by atoms with Crippen molar-refractivity contribution in [1.29, 1.82) is 0 Å². The number of H-pyrrole nitrogens is 1. The van der Waals surface area contributed by atoms with Crippen LogP contribution in [0.25, 0.3) is 22.2 Å². The molecule has 5 N–H and O–H groups in total. The van der Waals surface area contributed by atoms with Crippen LogP contribution >= 0.6 is 0 Å². The van der Waals surface area contributed by atoms with Crippen LogP contribution in [0.15, 0.2) is 73.1 Å². The maximum Gasteiger partial charge on any atom is 0.258 e. The van der Waals surface area contributed by atoms with Crippen molar-refractivity contribution in [2.45, 2.75) is 12.2 Å². The SMILES string of the molecule is NC(=O)C(O)(c1ccccc1)c1cccc(-c2c[nH]c3ncc(CO)cc23)c1. The largest absolute Gasteiger partial charge is 0.392 e. The normalized spacial score (nSPS) is 13.4. The van der Waals surface area contributed by atoms with E-state index in [1.165, 1.54) is 0 Å². The van der Waals surface area contributed by atoms with Gasteiger partial charge in [-0.25, -0.2) is 4.98 Å². The van der Waals surface area contributed by atoms with Gasteiger partial charge in [0.15, 0.2) is 5.60 Å². The van der Waals surface area contributed by atoms with E-state index in [9.17, 15) is 15.0 Å².